The van der Waals surface area contributed by atoms with Crippen LogP contribution in [-0.4, -0.2) is 81.0 Å². The van der Waals surface area contributed by atoms with Crippen LogP contribution in [0.15, 0.2) is 36.4 Å². The van der Waals surface area contributed by atoms with Gasteiger partial charge in [0.15, 0.2) is 0 Å². The highest BCUT2D eigenvalue weighted by Crippen LogP contribution is 2.45. The molecule has 1 aromatic rings. The number of rotatable bonds is 6. The summed E-state index contributed by atoms with van der Waals surface area (Å²) < 4.78 is 35.8. The van der Waals surface area contributed by atoms with E-state index in [1.165, 1.54) is 4.90 Å². The van der Waals surface area contributed by atoms with E-state index in [0.29, 0.717) is 38.6 Å². The molecule has 0 aromatic heterocycles. The van der Waals surface area contributed by atoms with Crippen LogP contribution in [0, 0.1) is 5.92 Å². The molecule has 2 aliphatic heterocycles. The SMILES string of the molecule is CN(C)c1ccc(NS(=O)(=O)NC(=O)C23CC2/C=C\CCCCCC(NC(=O)OC(C)(C)C)C(=O)N2CCCC2C(=O)N3)cc1. The highest BCUT2D eigenvalue weighted by Gasteiger charge is 2.61. The van der Waals surface area contributed by atoms with E-state index >= 15 is 0 Å². The first kappa shape index (κ1) is 34.1. The van der Waals surface area contributed by atoms with E-state index in [4.69, 9.17) is 4.74 Å². The summed E-state index contributed by atoms with van der Waals surface area (Å²) in [6, 6.07) is 4.91. The Balaban J connectivity index is 1.52. The Labute approximate surface area is 265 Å². The Kier molecular flexibility index (Phi) is 10.4. The fraction of sp³-hybridized carbons (Fsp3) is 0.613. The summed E-state index contributed by atoms with van der Waals surface area (Å²) in [5, 5.41) is 5.52. The van der Waals surface area contributed by atoms with Crippen LogP contribution in [0.3, 0.4) is 0 Å². The van der Waals surface area contributed by atoms with Crippen molar-refractivity contribution in [3.63, 3.8) is 0 Å². The van der Waals surface area contributed by atoms with Gasteiger partial charge in [0.1, 0.15) is 23.2 Å². The average molecular weight is 647 g/mol. The van der Waals surface area contributed by atoms with Gasteiger partial charge in [-0.25, -0.2) is 9.52 Å². The lowest BCUT2D eigenvalue weighted by molar-refractivity contribution is -0.141. The lowest BCUT2D eigenvalue weighted by atomic mass is 10.0. The predicted molar refractivity (Wildman–Crippen MR) is 171 cm³/mol. The minimum absolute atomic E-state index is 0.220. The van der Waals surface area contributed by atoms with E-state index in [0.717, 1.165) is 18.5 Å². The largest absolute Gasteiger partial charge is 0.444 e. The van der Waals surface area contributed by atoms with Crippen molar-refractivity contribution in [3.8, 4) is 0 Å². The van der Waals surface area contributed by atoms with Gasteiger partial charge in [0.2, 0.25) is 11.8 Å². The van der Waals surface area contributed by atoms with Gasteiger partial charge in [-0.2, -0.15) is 8.42 Å². The number of amides is 4. The molecule has 13 nitrogen and oxygen atoms in total. The summed E-state index contributed by atoms with van der Waals surface area (Å²) in [4.78, 5) is 56.9. The number of carbonyl (C=O) groups is 4. The number of carbonyl (C=O) groups excluding carboxylic acids is 4. The molecule has 248 valence electrons. The molecule has 0 bridgehead atoms. The van der Waals surface area contributed by atoms with Crippen molar-refractivity contribution in [2.45, 2.75) is 95.4 Å². The van der Waals surface area contributed by atoms with Crippen LogP contribution in [0.25, 0.3) is 0 Å². The van der Waals surface area contributed by atoms with Crippen molar-refractivity contribution in [2.75, 3.05) is 30.3 Å². The van der Waals surface area contributed by atoms with E-state index in [-0.39, 0.29) is 18.0 Å². The van der Waals surface area contributed by atoms with E-state index in [2.05, 4.69) is 20.1 Å². The second-order valence-electron chi connectivity index (χ2n) is 13.2. The molecular formula is C31H46N6O7S. The molecule has 0 spiro atoms. The standard InChI is InChI=1S/C31H46N6O7S/c1-30(2,3)44-29(41)32-24-13-10-8-6-7-9-12-21-20-31(21,33-26(38)25-14-11-19-37(25)27(24)39)28(40)35-45(42,43)34-22-15-17-23(18-16-22)36(4)5/h9,12,15-18,21,24-25,34H,6-8,10-11,13-14,19-20H2,1-5H3,(H,32,41)(H,33,38)(H,35,40)/b12-9-. The molecule has 1 aromatic carbocycles. The van der Waals surface area contributed by atoms with Crippen LogP contribution >= 0.6 is 0 Å². The van der Waals surface area contributed by atoms with Crippen LogP contribution in [0.5, 0.6) is 0 Å². The molecule has 4 rings (SSSR count). The number of anilines is 2. The molecule has 1 aliphatic carbocycles. The third-order valence-corrected chi connectivity index (χ3v) is 9.15. The van der Waals surface area contributed by atoms with Crippen LogP contribution in [0.1, 0.15) is 72.1 Å². The number of ether oxygens (including phenoxy) is 1. The Morgan fingerprint density at radius 1 is 1.04 bits per heavy atom. The Morgan fingerprint density at radius 3 is 2.42 bits per heavy atom. The number of allylic oxidation sites excluding steroid dienone is 1. The Morgan fingerprint density at radius 2 is 1.76 bits per heavy atom. The van der Waals surface area contributed by atoms with E-state index in [1.54, 1.807) is 45.0 Å². The highest BCUT2D eigenvalue weighted by atomic mass is 32.2. The molecule has 1 saturated heterocycles. The van der Waals surface area contributed by atoms with E-state index in [1.807, 2.05) is 31.1 Å². The van der Waals surface area contributed by atoms with Crippen LogP contribution < -0.4 is 25.0 Å². The normalized spacial score (nSPS) is 26.6. The van der Waals surface area contributed by atoms with Crippen molar-refractivity contribution in [3.05, 3.63) is 36.4 Å². The fourth-order valence-electron chi connectivity index (χ4n) is 5.76. The summed E-state index contributed by atoms with van der Waals surface area (Å²) in [7, 11) is -0.600. The molecule has 1 saturated carbocycles. The third-order valence-electron chi connectivity index (χ3n) is 8.19. The monoisotopic (exact) mass is 646 g/mol. The zero-order valence-corrected chi connectivity index (χ0v) is 27.5. The molecule has 4 atom stereocenters. The van der Waals surface area contributed by atoms with E-state index in [9.17, 15) is 27.6 Å². The average Bonchev–Trinajstić information content (AvgIpc) is 3.39. The number of nitrogens with zero attached hydrogens (tertiary/aromatic N) is 2. The van der Waals surface area contributed by atoms with Gasteiger partial charge in [-0.1, -0.05) is 25.0 Å². The number of benzene rings is 1. The summed E-state index contributed by atoms with van der Waals surface area (Å²) in [5.74, 6) is -2.19. The van der Waals surface area contributed by atoms with E-state index < -0.39 is 57.3 Å². The van der Waals surface area contributed by atoms with Crippen LogP contribution in [0.2, 0.25) is 0 Å². The molecule has 2 heterocycles. The molecule has 45 heavy (non-hydrogen) atoms. The fourth-order valence-corrected chi connectivity index (χ4v) is 6.69. The zero-order valence-electron chi connectivity index (χ0n) is 26.7. The Bertz CT molecular complexity index is 1410. The summed E-state index contributed by atoms with van der Waals surface area (Å²) in [5.41, 5.74) is -1.09. The maximum absolute atomic E-state index is 13.7. The summed E-state index contributed by atoms with van der Waals surface area (Å²) in [6.45, 7) is 5.53. The number of alkyl carbamates (subject to hydrolysis) is 1. The van der Waals surface area contributed by atoms with Crippen molar-refractivity contribution < 1.29 is 32.3 Å². The summed E-state index contributed by atoms with van der Waals surface area (Å²) in [6.07, 6.45) is 7.65. The van der Waals surface area contributed by atoms with Crippen molar-refractivity contribution in [1.29, 1.82) is 0 Å². The molecule has 0 radical (unpaired) electrons. The number of hydrogen-bond donors (Lipinski definition) is 4. The zero-order chi connectivity index (χ0) is 33.0. The first-order valence-electron chi connectivity index (χ1n) is 15.5. The molecule has 4 N–H and O–H groups in total. The molecule has 3 aliphatic rings. The third kappa shape index (κ3) is 8.89. The summed E-state index contributed by atoms with van der Waals surface area (Å²) >= 11 is 0. The maximum atomic E-state index is 13.7. The quantitative estimate of drug-likeness (QED) is 0.343. The lowest BCUT2D eigenvalue weighted by Crippen LogP contribution is -2.58. The minimum Gasteiger partial charge on any atom is -0.444 e. The molecular weight excluding hydrogens is 600 g/mol. The second-order valence-corrected chi connectivity index (χ2v) is 14.6. The Hall–Kier alpha value is -3.81. The van der Waals surface area contributed by atoms with Gasteiger partial charge >= 0.3 is 16.3 Å². The van der Waals surface area contributed by atoms with Gasteiger partial charge in [0.25, 0.3) is 5.91 Å². The van der Waals surface area contributed by atoms with Gasteiger partial charge in [-0.3, -0.25) is 19.1 Å². The maximum Gasteiger partial charge on any atom is 0.408 e. The topological polar surface area (TPSA) is 166 Å². The van der Waals surface area contributed by atoms with Gasteiger partial charge in [-0.05, 0) is 83.6 Å². The molecule has 14 heteroatoms. The van der Waals surface area contributed by atoms with Gasteiger partial charge < -0.3 is 25.2 Å². The highest BCUT2D eigenvalue weighted by molar-refractivity contribution is 7.91. The van der Waals surface area contributed by atoms with Gasteiger partial charge in [-0.15, -0.1) is 0 Å². The first-order chi connectivity index (χ1) is 21.1. The molecule has 4 unspecified atom stereocenters. The second kappa shape index (κ2) is 13.7. The predicted octanol–water partition coefficient (Wildman–Crippen LogP) is 2.81. The van der Waals surface area contributed by atoms with Crippen molar-refractivity contribution >= 4 is 45.4 Å². The molecule has 2 fully saturated rings. The number of nitrogens with one attached hydrogen (secondary N) is 4. The first-order valence-corrected chi connectivity index (χ1v) is 17.0. The van der Waals surface area contributed by atoms with Crippen LogP contribution in [0.4, 0.5) is 16.2 Å². The molecule has 4 amide bonds. The number of fused-ring (bicyclic) bond motifs is 2. The van der Waals surface area contributed by atoms with Crippen LogP contribution in [-0.2, 0) is 29.3 Å². The lowest BCUT2D eigenvalue weighted by Gasteiger charge is -2.30. The minimum atomic E-state index is -4.32. The van der Waals surface area contributed by atoms with Gasteiger partial charge in [0, 0.05) is 32.2 Å². The van der Waals surface area contributed by atoms with Crippen molar-refractivity contribution in [2.24, 2.45) is 5.92 Å². The van der Waals surface area contributed by atoms with Gasteiger partial charge in [0.05, 0.1) is 5.69 Å². The van der Waals surface area contributed by atoms with Crippen molar-refractivity contribution in [1.82, 2.24) is 20.3 Å². The number of hydrogen-bond acceptors (Lipinski definition) is 8. The smallest absolute Gasteiger partial charge is 0.408 e.